The Balaban J connectivity index is 1.65. The lowest BCUT2D eigenvalue weighted by molar-refractivity contribution is -0.149. The number of hydrazine groups is 1. The molecule has 3 aliphatic heterocycles. The monoisotopic (exact) mass is 405 g/mol. The molecule has 12 nitrogen and oxygen atoms in total. The molecule has 3 saturated heterocycles. The maximum absolute atomic E-state index is 12.7. The van der Waals surface area contributed by atoms with Gasteiger partial charge in [0, 0.05) is 19.0 Å². The summed E-state index contributed by atoms with van der Waals surface area (Å²) in [5.41, 5.74) is 0. The first-order valence-corrected chi connectivity index (χ1v) is 10.0. The predicted octanol–water partition coefficient (Wildman–Crippen LogP) is -1.30. The van der Waals surface area contributed by atoms with Crippen molar-refractivity contribution in [2.45, 2.75) is 50.2 Å². The fourth-order valence-corrected chi connectivity index (χ4v) is 4.30. The van der Waals surface area contributed by atoms with Crippen LogP contribution in [-0.2, 0) is 24.3 Å². The van der Waals surface area contributed by atoms with Crippen LogP contribution in [0.25, 0.3) is 0 Å². The van der Waals surface area contributed by atoms with Gasteiger partial charge in [-0.05, 0) is 39.3 Å². The largest absolute Gasteiger partial charge is 0.418 e. The van der Waals surface area contributed by atoms with Gasteiger partial charge >= 0.3 is 16.4 Å². The number of carbonyl (C=O) groups is 3. The summed E-state index contributed by atoms with van der Waals surface area (Å²) in [5.74, 6) is 4.47. The van der Waals surface area contributed by atoms with Crippen LogP contribution < -0.4 is 5.84 Å². The SMILES string of the molecule is CN1CCCC1CC(=O)N(N)C(=O)C1CCC2CN1C(=O)N2OS(=O)(=O)O. The second kappa shape index (κ2) is 7.31. The van der Waals surface area contributed by atoms with Crippen molar-refractivity contribution in [1.82, 2.24) is 19.9 Å². The smallest absolute Gasteiger partial charge is 0.309 e. The maximum Gasteiger partial charge on any atom is 0.418 e. The fourth-order valence-electron chi connectivity index (χ4n) is 3.91. The number of hydroxylamine groups is 2. The van der Waals surface area contributed by atoms with Crippen LogP contribution in [0.5, 0.6) is 0 Å². The van der Waals surface area contributed by atoms with Gasteiger partial charge in [-0.3, -0.25) is 14.1 Å². The van der Waals surface area contributed by atoms with Gasteiger partial charge in [-0.15, -0.1) is 4.28 Å². The van der Waals surface area contributed by atoms with E-state index in [2.05, 4.69) is 4.28 Å². The Morgan fingerprint density at radius 3 is 2.63 bits per heavy atom. The van der Waals surface area contributed by atoms with Crippen LogP contribution in [0.4, 0.5) is 4.79 Å². The second-order valence-corrected chi connectivity index (χ2v) is 8.10. The second-order valence-electron chi connectivity index (χ2n) is 7.09. The number of urea groups is 1. The number of nitrogens with zero attached hydrogens (tertiary/aromatic N) is 4. The number of nitrogens with two attached hydrogens (primary N) is 1. The van der Waals surface area contributed by atoms with Crippen molar-refractivity contribution in [2.24, 2.45) is 5.84 Å². The van der Waals surface area contributed by atoms with Gasteiger partial charge in [0.15, 0.2) is 0 Å². The van der Waals surface area contributed by atoms with Gasteiger partial charge in [0.2, 0.25) is 5.91 Å². The summed E-state index contributed by atoms with van der Waals surface area (Å²) in [6, 6.07) is -2.44. The van der Waals surface area contributed by atoms with Crippen molar-refractivity contribution in [3.05, 3.63) is 0 Å². The van der Waals surface area contributed by atoms with Gasteiger partial charge in [-0.2, -0.15) is 13.5 Å². The van der Waals surface area contributed by atoms with Crippen LogP contribution in [0.1, 0.15) is 32.1 Å². The summed E-state index contributed by atoms with van der Waals surface area (Å²) in [5, 5.41) is 1.09. The molecule has 0 saturated carbocycles. The number of likely N-dealkylation sites (tertiary alicyclic amines) is 1. The standard InChI is InChI=1S/C14H23N5O7S/c1-16-6-2-3-9(16)7-12(20)18(15)13(21)11-5-4-10-8-17(11)14(22)19(10)26-27(23,24)25/h9-11H,2-8,15H2,1H3,(H,23,24,25). The highest BCUT2D eigenvalue weighted by Crippen LogP contribution is 2.31. The molecule has 3 heterocycles. The fraction of sp³-hybridized carbons (Fsp3) is 0.786. The molecule has 3 N–H and O–H groups in total. The van der Waals surface area contributed by atoms with E-state index in [1.807, 2.05) is 11.9 Å². The molecule has 0 aliphatic carbocycles. The average Bonchev–Trinajstić information content (AvgIpc) is 3.09. The molecule has 3 atom stereocenters. The third-order valence-electron chi connectivity index (χ3n) is 5.37. The van der Waals surface area contributed by atoms with E-state index in [9.17, 15) is 22.8 Å². The van der Waals surface area contributed by atoms with Gasteiger partial charge in [0.05, 0.1) is 6.04 Å². The molecule has 0 spiro atoms. The number of rotatable bonds is 5. The van der Waals surface area contributed by atoms with Crippen LogP contribution in [0.3, 0.4) is 0 Å². The van der Waals surface area contributed by atoms with E-state index in [-0.39, 0.29) is 31.8 Å². The van der Waals surface area contributed by atoms with E-state index in [0.717, 1.165) is 24.3 Å². The van der Waals surface area contributed by atoms with Crippen molar-refractivity contribution < 1.29 is 31.6 Å². The Kier molecular flexibility index (Phi) is 5.40. The molecule has 3 aliphatic rings. The zero-order valence-corrected chi connectivity index (χ0v) is 15.7. The quantitative estimate of drug-likeness (QED) is 0.246. The number of fused-ring (bicyclic) bond motifs is 2. The van der Waals surface area contributed by atoms with Crippen LogP contribution in [0, 0.1) is 0 Å². The van der Waals surface area contributed by atoms with Crippen molar-refractivity contribution in [3.63, 3.8) is 0 Å². The summed E-state index contributed by atoms with van der Waals surface area (Å²) < 4.78 is 34.9. The van der Waals surface area contributed by atoms with Crippen molar-refractivity contribution in [3.8, 4) is 0 Å². The van der Waals surface area contributed by atoms with Crippen molar-refractivity contribution in [2.75, 3.05) is 20.1 Å². The van der Waals surface area contributed by atoms with Gasteiger partial charge < -0.3 is 9.80 Å². The molecule has 0 aromatic heterocycles. The lowest BCUT2D eigenvalue weighted by Crippen LogP contribution is -2.55. The van der Waals surface area contributed by atoms with Crippen molar-refractivity contribution >= 4 is 28.2 Å². The molecular formula is C14H23N5O7S. The Morgan fingerprint density at radius 1 is 1.33 bits per heavy atom. The van der Waals surface area contributed by atoms with E-state index in [1.165, 1.54) is 0 Å². The van der Waals surface area contributed by atoms with Gasteiger partial charge in [-0.25, -0.2) is 15.6 Å². The van der Waals surface area contributed by atoms with Gasteiger partial charge in [0.25, 0.3) is 5.91 Å². The summed E-state index contributed by atoms with van der Waals surface area (Å²) >= 11 is 0. The average molecular weight is 405 g/mol. The third-order valence-corrected chi connectivity index (χ3v) is 5.72. The highest BCUT2D eigenvalue weighted by atomic mass is 32.3. The maximum atomic E-state index is 12.7. The molecule has 27 heavy (non-hydrogen) atoms. The number of carbonyl (C=O) groups excluding carboxylic acids is 3. The molecule has 2 bridgehead atoms. The zero-order valence-electron chi connectivity index (χ0n) is 14.9. The van der Waals surface area contributed by atoms with Crippen LogP contribution in [-0.4, -0.2) is 89.0 Å². The van der Waals surface area contributed by atoms with Gasteiger partial charge in [-0.1, -0.05) is 0 Å². The number of piperidine rings is 1. The van der Waals surface area contributed by atoms with Crippen LogP contribution in [0.2, 0.25) is 0 Å². The Morgan fingerprint density at radius 2 is 2.04 bits per heavy atom. The lowest BCUT2D eigenvalue weighted by atomic mass is 10.00. The highest BCUT2D eigenvalue weighted by molar-refractivity contribution is 7.80. The molecule has 0 radical (unpaired) electrons. The highest BCUT2D eigenvalue weighted by Gasteiger charge is 2.50. The summed E-state index contributed by atoms with van der Waals surface area (Å²) in [6.07, 6.45) is 2.40. The molecule has 4 amide bonds. The van der Waals surface area contributed by atoms with E-state index in [4.69, 9.17) is 10.4 Å². The lowest BCUT2D eigenvalue weighted by Gasteiger charge is -2.31. The van der Waals surface area contributed by atoms with E-state index in [0.29, 0.717) is 10.1 Å². The van der Waals surface area contributed by atoms with E-state index < -0.39 is 40.3 Å². The topological polar surface area (TPSA) is 154 Å². The predicted molar refractivity (Wildman–Crippen MR) is 89.7 cm³/mol. The number of hydrogen-bond acceptors (Lipinski definition) is 8. The molecular weight excluding hydrogens is 382 g/mol. The zero-order chi connectivity index (χ0) is 19.9. The van der Waals surface area contributed by atoms with E-state index >= 15 is 0 Å². The first-order chi connectivity index (χ1) is 12.6. The summed E-state index contributed by atoms with van der Waals surface area (Å²) in [6.45, 7) is 0.921. The van der Waals surface area contributed by atoms with Crippen molar-refractivity contribution in [1.29, 1.82) is 0 Å². The molecule has 3 rings (SSSR count). The molecule has 0 aromatic carbocycles. The number of imide groups is 1. The Labute approximate surface area is 156 Å². The minimum Gasteiger partial charge on any atom is -0.309 e. The normalized spacial score (nSPS) is 28.7. The van der Waals surface area contributed by atoms with Crippen LogP contribution in [0.15, 0.2) is 0 Å². The molecule has 13 heteroatoms. The Hall–Kier alpha value is -1.80. The van der Waals surface area contributed by atoms with Crippen LogP contribution >= 0.6 is 0 Å². The van der Waals surface area contributed by atoms with E-state index in [1.54, 1.807) is 0 Å². The number of amides is 4. The minimum absolute atomic E-state index is 0.0270. The molecule has 152 valence electrons. The Bertz CT molecular complexity index is 744. The molecule has 3 unspecified atom stereocenters. The number of hydrogen-bond donors (Lipinski definition) is 2. The first-order valence-electron chi connectivity index (χ1n) is 8.67. The first kappa shape index (κ1) is 19.9. The minimum atomic E-state index is -4.87. The van der Waals surface area contributed by atoms with Gasteiger partial charge in [0.1, 0.15) is 6.04 Å². The molecule has 3 fully saturated rings. The molecule has 0 aromatic rings. The summed E-state index contributed by atoms with van der Waals surface area (Å²) in [4.78, 5) is 40.5. The third kappa shape index (κ3) is 4.06. The summed E-state index contributed by atoms with van der Waals surface area (Å²) in [7, 11) is -2.96.